The summed E-state index contributed by atoms with van der Waals surface area (Å²) in [6.45, 7) is 3.85. The number of thiazole rings is 1. The van der Waals surface area contributed by atoms with Crippen LogP contribution in [0.1, 0.15) is 45.9 Å². The summed E-state index contributed by atoms with van der Waals surface area (Å²) in [7, 11) is 0. The molecule has 0 unspecified atom stereocenters. The van der Waals surface area contributed by atoms with Gasteiger partial charge in [0.25, 0.3) is 5.91 Å². The number of amides is 1. The van der Waals surface area contributed by atoms with Gasteiger partial charge >= 0.3 is 0 Å². The lowest BCUT2D eigenvalue weighted by atomic mass is 10.0. The number of benzene rings is 1. The van der Waals surface area contributed by atoms with Crippen molar-refractivity contribution in [2.24, 2.45) is 0 Å². The van der Waals surface area contributed by atoms with Gasteiger partial charge in [-0.15, -0.1) is 11.3 Å². The second-order valence-electron chi connectivity index (χ2n) is 5.33. The first-order chi connectivity index (χ1) is 9.54. The molecule has 1 aromatic heterocycles. The number of nitrogens with two attached hydrogens (primary N) is 1. The van der Waals surface area contributed by atoms with Crippen LogP contribution >= 0.6 is 11.3 Å². The van der Waals surface area contributed by atoms with Crippen molar-refractivity contribution >= 4 is 28.1 Å². The van der Waals surface area contributed by atoms with Crippen LogP contribution in [0.5, 0.6) is 0 Å². The topological polar surface area (TPSA) is 68.0 Å². The highest BCUT2D eigenvalue weighted by atomic mass is 32.1. The highest BCUT2D eigenvalue weighted by Crippen LogP contribution is 2.40. The molecule has 0 spiro atoms. The first kappa shape index (κ1) is 13.1. The minimum Gasteiger partial charge on any atom is -0.398 e. The molecular weight excluding hydrogens is 270 g/mol. The third kappa shape index (κ3) is 2.54. The van der Waals surface area contributed by atoms with Crippen LogP contribution in [0.4, 0.5) is 10.8 Å². The number of nitrogen functional groups attached to an aromatic ring is 1. The van der Waals surface area contributed by atoms with Crippen molar-refractivity contribution in [2.75, 3.05) is 11.1 Å². The number of carbonyl (C=O) groups is 1. The number of carbonyl (C=O) groups excluding carboxylic acids is 1. The summed E-state index contributed by atoms with van der Waals surface area (Å²) in [6, 6.07) is 3.66. The van der Waals surface area contributed by atoms with Gasteiger partial charge in [0.15, 0.2) is 5.13 Å². The fourth-order valence-electron chi connectivity index (χ4n) is 2.19. The van der Waals surface area contributed by atoms with Gasteiger partial charge < -0.3 is 5.73 Å². The van der Waals surface area contributed by atoms with Gasteiger partial charge in [-0.25, -0.2) is 4.98 Å². The molecule has 2 aromatic rings. The zero-order valence-corrected chi connectivity index (χ0v) is 12.4. The average molecular weight is 287 g/mol. The highest BCUT2D eigenvalue weighted by molar-refractivity contribution is 7.14. The Morgan fingerprint density at radius 1 is 1.35 bits per heavy atom. The van der Waals surface area contributed by atoms with E-state index in [4.69, 9.17) is 5.73 Å². The molecule has 1 aromatic carbocycles. The first-order valence-corrected chi connectivity index (χ1v) is 7.56. The van der Waals surface area contributed by atoms with Gasteiger partial charge in [0.2, 0.25) is 0 Å². The quantitative estimate of drug-likeness (QED) is 0.849. The van der Waals surface area contributed by atoms with E-state index in [2.05, 4.69) is 10.3 Å². The molecule has 0 aliphatic heterocycles. The van der Waals surface area contributed by atoms with Crippen molar-refractivity contribution < 1.29 is 4.79 Å². The molecule has 1 amide bonds. The third-order valence-electron chi connectivity index (χ3n) is 3.60. The fraction of sp³-hybridized carbons (Fsp3) is 0.333. The van der Waals surface area contributed by atoms with Crippen molar-refractivity contribution in [3.05, 3.63) is 39.9 Å². The van der Waals surface area contributed by atoms with E-state index < -0.39 is 0 Å². The summed E-state index contributed by atoms with van der Waals surface area (Å²) in [5, 5.41) is 5.56. The lowest BCUT2D eigenvalue weighted by molar-refractivity contribution is 0.102. The van der Waals surface area contributed by atoms with Crippen molar-refractivity contribution in [3.63, 3.8) is 0 Å². The minimum absolute atomic E-state index is 0.147. The van der Waals surface area contributed by atoms with Crippen LogP contribution in [0.3, 0.4) is 0 Å². The molecular formula is C15H17N3OS. The Balaban J connectivity index is 1.79. The van der Waals surface area contributed by atoms with E-state index in [0.717, 1.165) is 16.8 Å². The van der Waals surface area contributed by atoms with Gasteiger partial charge in [0.1, 0.15) is 0 Å². The number of anilines is 2. The number of aryl methyl sites for hydroxylation is 2. The lowest BCUT2D eigenvalue weighted by Crippen LogP contribution is -2.14. The highest BCUT2D eigenvalue weighted by Gasteiger charge is 2.26. The van der Waals surface area contributed by atoms with Gasteiger partial charge in [-0.05, 0) is 43.9 Å². The molecule has 1 heterocycles. The molecule has 3 rings (SSSR count). The number of aromatic nitrogens is 1. The predicted octanol–water partition coefficient (Wildman–Crippen LogP) is 3.47. The third-order valence-corrected chi connectivity index (χ3v) is 4.37. The molecule has 1 fully saturated rings. The molecule has 1 aliphatic carbocycles. The van der Waals surface area contributed by atoms with Crippen molar-refractivity contribution in [1.29, 1.82) is 0 Å². The number of hydrogen-bond acceptors (Lipinski definition) is 4. The smallest absolute Gasteiger partial charge is 0.257 e. The average Bonchev–Trinajstić information content (AvgIpc) is 3.15. The maximum absolute atomic E-state index is 12.3. The summed E-state index contributed by atoms with van der Waals surface area (Å²) >= 11 is 1.48. The maximum Gasteiger partial charge on any atom is 0.257 e. The van der Waals surface area contributed by atoms with Crippen LogP contribution in [0, 0.1) is 13.8 Å². The van der Waals surface area contributed by atoms with Crippen molar-refractivity contribution in [2.45, 2.75) is 32.6 Å². The monoisotopic (exact) mass is 287 g/mol. The van der Waals surface area contributed by atoms with Crippen LogP contribution in [0.2, 0.25) is 0 Å². The molecule has 1 saturated carbocycles. The van der Waals surface area contributed by atoms with Crippen LogP contribution in [-0.2, 0) is 0 Å². The largest absolute Gasteiger partial charge is 0.398 e. The Morgan fingerprint density at radius 2 is 2.10 bits per heavy atom. The van der Waals surface area contributed by atoms with E-state index in [1.807, 2.05) is 25.3 Å². The van der Waals surface area contributed by atoms with Crippen LogP contribution in [0.15, 0.2) is 17.5 Å². The predicted molar refractivity (Wildman–Crippen MR) is 82.4 cm³/mol. The SMILES string of the molecule is Cc1cc(C)c(C(=O)Nc2nc(C3CC3)cs2)cc1N. The molecule has 0 saturated heterocycles. The number of nitrogens with zero attached hydrogens (tertiary/aromatic N) is 1. The lowest BCUT2D eigenvalue weighted by Gasteiger charge is -2.08. The van der Waals surface area contributed by atoms with Gasteiger partial charge in [-0.2, -0.15) is 0 Å². The Labute approximate surface area is 122 Å². The molecule has 0 radical (unpaired) electrons. The second kappa shape index (κ2) is 4.90. The molecule has 5 heteroatoms. The zero-order valence-electron chi connectivity index (χ0n) is 11.6. The van der Waals surface area contributed by atoms with E-state index in [1.165, 1.54) is 24.2 Å². The molecule has 0 bridgehead atoms. The number of rotatable bonds is 3. The van der Waals surface area contributed by atoms with E-state index in [-0.39, 0.29) is 5.91 Å². The molecule has 4 nitrogen and oxygen atoms in total. The second-order valence-corrected chi connectivity index (χ2v) is 6.19. The summed E-state index contributed by atoms with van der Waals surface area (Å²) in [5.74, 6) is 0.458. The normalized spacial score (nSPS) is 14.3. The molecule has 1 aliphatic rings. The molecule has 20 heavy (non-hydrogen) atoms. The first-order valence-electron chi connectivity index (χ1n) is 6.68. The minimum atomic E-state index is -0.147. The Morgan fingerprint density at radius 3 is 2.80 bits per heavy atom. The summed E-state index contributed by atoms with van der Waals surface area (Å²) in [4.78, 5) is 16.8. The van der Waals surface area contributed by atoms with Gasteiger partial charge in [-0.3, -0.25) is 10.1 Å². The van der Waals surface area contributed by atoms with Crippen molar-refractivity contribution in [1.82, 2.24) is 4.98 Å². The van der Waals surface area contributed by atoms with E-state index >= 15 is 0 Å². The van der Waals surface area contributed by atoms with Gasteiger partial charge in [0, 0.05) is 22.5 Å². The van der Waals surface area contributed by atoms with Crippen LogP contribution < -0.4 is 11.1 Å². The van der Waals surface area contributed by atoms with Crippen LogP contribution in [0.25, 0.3) is 0 Å². The van der Waals surface area contributed by atoms with Crippen LogP contribution in [-0.4, -0.2) is 10.9 Å². The standard InChI is InChI=1S/C15H17N3OS/c1-8-5-9(2)12(16)6-11(8)14(19)18-15-17-13(7-20-15)10-3-4-10/h5-7,10H,3-4,16H2,1-2H3,(H,17,18,19). The molecule has 0 atom stereocenters. The maximum atomic E-state index is 12.3. The number of hydrogen-bond donors (Lipinski definition) is 2. The van der Waals surface area contributed by atoms with Gasteiger partial charge in [0.05, 0.1) is 5.69 Å². The molecule has 3 N–H and O–H groups in total. The van der Waals surface area contributed by atoms with E-state index in [9.17, 15) is 4.79 Å². The van der Waals surface area contributed by atoms with E-state index in [0.29, 0.717) is 22.3 Å². The summed E-state index contributed by atoms with van der Waals surface area (Å²) in [5.41, 5.74) is 10.1. The summed E-state index contributed by atoms with van der Waals surface area (Å²) < 4.78 is 0. The van der Waals surface area contributed by atoms with Crippen molar-refractivity contribution in [3.8, 4) is 0 Å². The Hall–Kier alpha value is -1.88. The molecule has 104 valence electrons. The Kier molecular flexibility index (Phi) is 3.22. The summed E-state index contributed by atoms with van der Waals surface area (Å²) in [6.07, 6.45) is 2.43. The fourth-order valence-corrected chi connectivity index (χ4v) is 2.98. The number of nitrogens with one attached hydrogen (secondary N) is 1. The van der Waals surface area contributed by atoms with E-state index in [1.54, 1.807) is 6.07 Å². The zero-order chi connectivity index (χ0) is 14.3. The van der Waals surface area contributed by atoms with Gasteiger partial charge in [-0.1, -0.05) is 6.07 Å². The Bertz CT molecular complexity index is 674.